The molecule has 0 spiro atoms. The Balaban J connectivity index is 1.40. The first kappa shape index (κ1) is 36.3. The zero-order valence-corrected chi connectivity index (χ0v) is 26.8. The van der Waals surface area contributed by atoms with Gasteiger partial charge in [-0.05, 0) is 112 Å². The Kier molecular flexibility index (Phi) is 13.5. The quantitative estimate of drug-likeness (QED) is 0.135. The highest BCUT2D eigenvalue weighted by atomic mass is 35.5. The van der Waals surface area contributed by atoms with Crippen LogP contribution in [0.1, 0.15) is 87.3 Å². The zero-order valence-electron chi connectivity index (χ0n) is 25.2. The Morgan fingerprint density at radius 2 is 1.48 bits per heavy atom. The number of fused-ring (bicyclic) bond motifs is 1. The molecule has 3 rings (SSSR count). The number of benzene rings is 2. The SMILES string of the molecule is CN(CCCCCCC1=C(c2ccccc2)CCCc2c1ccc(O)c2Cl)CCCCS(=O)(=O)CCCC(F)(F)C(F)(F)F. The van der Waals surface area contributed by atoms with Gasteiger partial charge >= 0.3 is 12.1 Å². The largest absolute Gasteiger partial charge is 0.506 e. The molecule has 2 aromatic rings. The van der Waals surface area contributed by atoms with E-state index in [1.165, 1.54) is 16.7 Å². The summed E-state index contributed by atoms with van der Waals surface area (Å²) in [5.74, 6) is -5.63. The summed E-state index contributed by atoms with van der Waals surface area (Å²) in [4.78, 5) is 2.13. The average molecular weight is 664 g/mol. The van der Waals surface area contributed by atoms with Gasteiger partial charge in [0.2, 0.25) is 0 Å². The summed E-state index contributed by atoms with van der Waals surface area (Å²) in [6.07, 6.45) is 0.777. The standard InChI is InChI=1S/C33H43ClF5NO3S/c1-40(22-9-10-23-44(42,43)24-12-20-32(35,36)33(37,38)39)21-8-3-2-7-15-27-26(25-13-5-4-6-14-25)16-11-17-29-28(27)18-19-30(41)31(29)34/h4-6,13-14,18-19,41H,2-3,7-12,15-17,20-24H2,1H3. The fourth-order valence-electron chi connectivity index (χ4n) is 5.75. The number of alkyl halides is 5. The zero-order chi connectivity index (χ0) is 32.4. The van der Waals surface area contributed by atoms with E-state index < -0.39 is 40.5 Å². The van der Waals surface area contributed by atoms with Gasteiger partial charge in [-0.3, -0.25) is 0 Å². The summed E-state index contributed by atoms with van der Waals surface area (Å²) in [7, 11) is -1.71. The Bertz CT molecular complexity index is 1350. The first-order valence-electron chi connectivity index (χ1n) is 15.3. The number of sulfone groups is 1. The average Bonchev–Trinajstić information content (AvgIpc) is 3.14. The molecule has 0 fully saturated rings. The number of allylic oxidation sites excluding steroid dienone is 2. The number of nitrogens with zero attached hydrogens (tertiary/aromatic N) is 1. The highest BCUT2D eigenvalue weighted by molar-refractivity contribution is 7.91. The van der Waals surface area contributed by atoms with Gasteiger partial charge in [-0.2, -0.15) is 22.0 Å². The van der Waals surface area contributed by atoms with Gasteiger partial charge in [0.05, 0.1) is 16.5 Å². The monoisotopic (exact) mass is 663 g/mol. The predicted octanol–water partition coefficient (Wildman–Crippen LogP) is 9.35. The highest BCUT2D eigenvalue weighted by Gasteiger charge is 2.56. The van der Waals surface area contributed by atoms with E-state index in [0.29, 0.717) is 24.4 Å². The molecule has 11 heteroatoms. The van der Waals surface area contributed by atoms with Gasteiger partial charge in [0, 0.05) is 6.42 Å². The van der Waals surface area contributed by atoms with Crippen molar-refractivity contribution in [1.29, 1.82) is 0 Å². The number of hydrogen-bond donors (Lipinski definition) is 1. The van der Waals surface area contributed by atoms with E-state index in [4.69, 9.17) is 11.6 Å². The molecular formula is C33H43ClF5NO3S. The molecule has 0 saturated heterocycles. The number of hydrogen-bond acceptors (Lipinski definition) is 4. The van der Waals surface area contributed by atoms with Crippen molar-refractivity contribution in [3.05, 3.63) is 64.2 Å². The second kappa shape index (κ2) is 16.4. The normalized spacial score (nSPS) is 14.6. The van der Waals surface area contributed by atoms with Crippen LogP contribution in [-0.2, 0) is 16.3 Å². The van der Waals surface area contributed by atoms with Crippen LogP contribution in [0.3, 0.4) is 0 Å². The molecule has 0 aromatic heterocycles. The van der Waals surface area contributed by atoms with Crippen molar-refractivity contribution in [1.82, 2.24) is 4.90 Å². The molecule has 44 heavy (non-hydrogen) atoms. The van der Waals surface area contributed by atoms with Crippen molar-refractivity contribution in [2.75, 3.05) is 31.6 Å². The first-order chi connectivity index (χ1) is 20.7. The molecule has 0 bridgehead atoms. The Morgan fingerprint density at radius 3 is 2.16 bits per heavy atom. The van der Waals surface area contributed by atoms with Crippen molar-refractivity contribution in [3.63, 3.8) is 0 Å². The van der Waals surface area contributed by atoms with E-state index in [1.807, 2.05) is 19.2 Å². The molecular weight excluding hydrogens is 621 g/mol. The van der Waals surface area contributed by atoms with E-state index in [0.717, 1.165) is 69.0 Å². The van der Waals surface area contributed by atoms with E-state index in [9.17, 15) is 35.5 Å². The van der Waals surface area contributed by atoms with E-state index in [-0.39, 0.29) is 11.5 Å². The topological polar surface area (TPSA) is 57.6 Å². The lowest BCUT2D eigenvalue weighted by Gasteiger charge is -2.19. The molecule has 0 saturated carbocycles. The summed E-state index contributed by atoms with van der Waals surface area (Å²) in [5.41, 5.74) is 6.01. The van der Waals surface area contributed by atoms with Crippen LogP contribution in [0.4, 0.5) is 22.0 Å². The number of unbranched alkanes of at least 4 members (excludes halogenated alkanes) is 4. The van der Waals surface area contributed by atoms with Crippen LogP contribution < -0.4 is 0 Å². The minimum absolute atomic E-state index is 0.117. The lowest BCUT2D eigenvalue weighted by Crippen LogP contribution is -2.36. The fraction of sp³-hybridized carbons (Fsp3) is 0.576. The van der Waals surface area contributed by atoms with Gasteiger partial charge in [-0.15, -0.1) is 0 Å². The van der Waals surface area contributed by atoms with Crippen LogP contribution in [-0.4, -0.2) is 62.2 Å². The van der Waals surface area contributed by atoms with Crippen LogP contribution in [0.25, 0.3) is 11.1 Å². The highest BCUT2D eigenvalue weighted by Crippen LogP contribution is 2.43. The van der Waals surface area contributed by atoms with Crippen molar-refractivity contribution in [2.24, 2.45) is 0 Å². The third-order valence-electron chi connectivity index (χ3n) is 8.21. The molecule has 0 amide bonds. The second-order valence-electron chi connectivity index (χ2n) is 11.7. The van der Waals surface area contributed by atoms with Gasteiger partial charge in [0.25, 0.3) is 0 Å². The second-order valence-corrected chi connectivity index (χ2v) is 14.4. The molecule has 4 nitrogen and oxygen atoms in total. The Hall–Kier alpha value is -2.17. The maximum absolute atomic E-state index is 13.0. The van der Waals surface area contributed by atoms with Gasteiger partial charge < -0.3 is 10.0 Å². The molecule has 2 aromatic carbocycles. The van der Waals surface area contributed by atoms with Crippen LogP contribution in [0.15, 0.2) is 42.5 Å². The first-order valence-corrected chi connectivity index (χ1v) is 17.5. The molecule has 0 atom stereocenters. The van der Waals surface area contributed by atoms with Crippen molar-refractivity contribution < 1.29 is 35.5 Å². The molecule has 0 unspecified atom stereocenters. The molecule has 1 aliphatic carbocycles. The minimum Gasteiger partial charge on any atom is -0.506 e. The lowest BCUT2D eigenvalue weighted by atomic mass is 9.89. The van der Waals surface area contributed by atoms with Crippen molar-refractivity contribution >= 4 is 32.6 Å². The van der Waals surface area contributed by atoms with E-state index in [1.54, 1.807) is 6.07 Å². The fourth-order valence-corrected chi connectivity index (χ4v) is 7.44. The molecule has 246 valence electrons. The smallest absolute Gasteiger partial charge is 0.453 e. The summed E-state index contributed by atoms with van der Waals surface area (Å²) < 4.78 is 86.8. The van der Waals surface area contributed by atoms with Gasteiger partial charge in [0.15, 0.2) is 0 Å². The number of halogens is 6. The number of phenolic OH excluding ortho intramolecular Hbond substituents is 1. The molecule has 0 aliphatic heterocycles. The Labute approximate surface area is 263 Å². The molecule has 0 radical (unpaired) electrons. The van der Waals surface area contributed by atoms with Gasteiger partial charge in [-0.25, -0.2) is 8.42 Å². The van der Waals surface area contributed by atoms with E-state index >= 15 is 0 Å². The van der Waals surface area contributed by atoms with Crippen molar-refractivity contribution in [2.45, 2.75) is 89.1 Å². The minimum atomic E-state index is -5.66. The summed E-state index contributed by atoms with van der Waals surface area (Å²) >= 11 is 6.53. The maximum atomic E-state index is 13.0. The lowest BCUT2D eigenvalue weighted by molar-refractivity contribution is -0.284. The number of rotatable bonds is 17. The summed E-state index contributed by atoms with van der Waals surface area (Å²) in [6.45, 7) is 1.54. The van der Waals surface area contributed by atoms with Gasteiger partial charge in [0.1, 0.15) is 15.6 Å². The predicted molar refractivity (Wildman–Crippen MR) is 168 cm³/mol. The maximum Gasteiger partial charge on any atom is 0.453 e. The number of aromatic hydroxyl groups is 1. The van der Waals surface area contributed by atoms with Crippen molar-refractivity contribution in [3.8, 4) is 5.75 Å². The molecule has 0 heterocycles. The molecule has 1 N–H and O–H groups in total. The molecule has 1 aliphatic rings. The van der Waals surface area contributed by atoms with Crippen LogP contribution in [0.2, 0.25) is 5.02 Å². The van der Waals surface area contributed by atoms with Gasteiger partial charge in [-0.1, -0.05) is 60.8 Å². The van der Waals surface area contributed by atoms with E-state index in [2.05, 4.69) is 29.2 Å². The third-order valence-corrected chi connectivity index (χ3v) is 10.5. The van der Waals surface area contributed by atoms with Crippen LogP contribution in [0, 0.1) is 0 Å². The van der Waals surface area contributed by atoms with Crippen LogP contribution >= 0.6 is 11.6 Å². The Morgan fingerprint density at radius 1 is 0.841 bits per heavy atom. The number of phenols is 1. The third kappa shape index (κ3) is 10.7. The summed E-state index contributed by atoms with van der Waals surface area (Å²) in [5, 5.41) is 10.6. The summed E-state index contributed by atoms with van der Waals surface area (Å²) in [6, 6.07) is 14.1. The van der Waals surface area contributed by atoms with Crippen LogP contribution in [0.5, 0.6) is 5.75 Å².